The van der Waals surface area contributed by atoms with Crippen LogP contribution in [0.2, 0.25) is 0 Å². The van der Waals surface area contributed by atoms with E-state index in [1.165, 1.54) is 0 Å². The molecule has 0 N–H and O–H groups in total. The molecule has 0 spiro atoms. The molecular weight excluding hydrogens is 314 g/mol. The van der Waals surface area contributed by atoms with E-state index >= 15 is 0 Å². The maximum absolute atomic E-state index is 5.73. The highest BCUT2D eigenvalue weighted by atomic mass is 79.9. The van der Waals surface area contributed by atoms with Gasteiger partial charge in [-0.1, -0.05) is 55.1 Å². The van der Waals surface area contributed by atoms with Crippen LogP contribution in [0.3, 0.4) is 0 Å². The lowest BCUT2D eigenvalue weighted by Gasteiger charge is -2.18. The van der Waals surface area contributed by atoms with E-state index in [1.807, 2.05) is 0 Å². The topological polar surface area (TPSA) is 0 Å². The van der Waals surface area contributed by atoms with E-state index in [9.17, 15) is 0 Å². The molecular formula is C4H5Br2Cl3. The fourth-order valence-corrected chi connectivity index (χ4v) is 1.84. The van der Waals surface area contributed by atoms with Gasteiger partial charge in [-0.05, 0) is 6.42 Å². The molecule has 0 saturated carbocycles. The fourth-order valence-electron chi connectivity index (χ4n) is 0.235. The van der Waals surface area contributed by atoms with Crippen LogP contribution in [0.1, 0.15) is 6.42 Å². The van der Waals surface area contributed by atoms with Crippen LogP contribution >= 0.6 is 66.7 Å². The lowest BCUT2D eigenvalue weighted by molar-refractivity contribution is 0.821. The molecule has 0 aliphatic heterocycles. The number of halogens is 5. The molecule has 0 rings (SSSR count). The minimum Gasteiger partial charge on any atom is -0.107 e. The van der Waals surface area contributed by atoms with Crippen LogP contribution in [0.5, 0.6) is 0 Å². The Bertz CT molecular complexity index is 83.9. The van der Waals surface area contributed by atoms with Crippen LogP contribution in [0.15, 0.2) is 0 Å². The van der Waals surface area contributed by atoms with E-state index < -0.39 is 8.62 Å². The van der Waals surface area contributed by atoms with Crippen molar-refractivity contribution in [3.63, 3.8) is 0 Å². The summed E-state index contributed by atoms with van der Waals surface area (Å²) < 4.78 is -1.27. The number of alkyl halides is 5. The van der Waals surface area contributed by atoms with Crippen molar-refractivity contribution < 1.29 is 0 Å². The minimum absolute atomic E-state index is 0.397. The van der Waals surface area contributed by atoms with Crippen molar-refractivity contribution in [2.24, 2.45) is 0 Å². The number of rotatable bonds is 3. The molecule has 1 unspecified atom stereocenters. The third-order valence-electron chi connectivity index (χ3n) is 0.747. The van der Waals surface area contributed by atoms with E-state index in [2.05, 4.69) is 31.9 Å². The Hall–Kier alpha value is 1.83. The van der Waals surface area contributed by atoms with Crippen LogP contribution in [0, 0.1) is 0 Å². The molecule has 0 aromatic carbocycles. The van der Waals surface area contributed by atoms with Gasteiger partial charge in [0.25, 0.3) is 0 Å². The zero-order valence-corrected chi connectivity index (χ0v) is 9.82. The van der Waals surface area contributed by atoms with Gasteiger partial charge < -0.3 is 0 Å². The number of hydrogen-bond acceptors (Lipinski definition) is 0. The highest BCUT2D eigenvalue weighted by Gasteiger charge is 2.30. The fraction of sp³-hybridized carbons (Fsp3) is 1.00. The van der Waals surface area contributed by atoms with Crippen molar-refractivity contribution in [3.8, 4) is 0 Å². The van der Waals surface area contributed by atoms with Gasteiger partial charge in [0, 0.05) is 5.33 Å². The van der Waals surface area contributed by atoms with E-state index in [4.69, 9.17) is 34.8 Å². The lowest BCUT2D eigenvalue weighted by Crippen LogP contribution is -2.21. The van der Waals surface area contributed by atoms with Gasteiger partial charge in [0.2, 0.25) is 0 Å². The molecule has 1 atom stereocenters. The van der Waals surface area contributed by atoms with Crippen molar-refractivity contribution in [1.82, 2.24) is 0 Å². The summed E-state index contributed by atoms with van der Waals surface area (Å²) in [6, 6.07) is 0. The predicted octanol–water partition coefficient (Wildman–Crippen LogP) is 3.91. The Labute approximate surface area is 86.5 Å². The van der Waals surface area contributed by atoms with Gasteiger partial charge in [-0.2, -0.15) is 0 Å². The normalized spacial score (nSPS) is 15.7. The molecule has 0 aromatic rings. The summed E-state index contributed by atoms with van der Waals surface area (Å²) in [6.07, 6.45) is 0.621. The summed E-state index contributed by atoms with van der Waals surface area (Å²) in [6.45, 7) is 0. The van der Waals surface area contributed by atoms with Crippen LogP contribution < -0.4 is 0 Å². The largest absolute Gasteiger partial charge is 0.145 e. The molecule has 0 bridgehead atoms. The molecule has 0 aliphatic carbocycles. The molecule has 0 amide bonds. The van der Waals surface area contributed by atoms with Gasteiger partial charge >= 0.3 is 0 Å². The monoisotopic (exact) mass is 316 g/mol. The number of hydrogen-bond donors (Lipinski definition) is 0. The third kappa shape index (κ3) is 4.31. The Balaban J connectivity index is 3.70. The highest BCUT2D eigenvalue weighted by molar-refractivity contribution is 9.10. The molecule has 5 heteroatoms. The van der Waals surface area contributed by atoms with Crippen molar-refractivity contribution in [3.05, 3.63) is 0 Å². The van der Waals surface area contributed by atoms with Crippen LogP contribution in [0.25, 0.3) is 0 Å². The molecule has 0 heterocycles. The van der Waals surface area contributed by atoms with Crippen molar-refractivity contribution in [2.45, 2.75) is 15.0 Å². The Morgan fingerprint density at radius 1 is 1.44 bits per heavy atom. The van der Waals surface area contributed by atoms with E-state index in [-0.39, 0.29) is 0 Å². The molecule has 0 aliphatic rings. The van der Waals surface area contributed by atoms with Crippen molar-refractivity contribution in [1.29, 1.82) is 0 Å². The van der Waals surface area contributed by atoms with Gasteiger partial charge in [-0.3, -0.25) is 0 Å². The van der Waals surface area contributed by atoms with Gasteiger partial charge in [0.15, 0.2) is 0 Å². The average molecular weight is 319 g/mol. The molecule has 9 heavy (non-hydrogen) atoms. The molecule has 0 aromatic heterocycles. The van der Waals surface area contributed by atoms with Gasteiger partial charge in [0.1, 0.15) is 8.62 Å². The summed E-state index contributed by atoms with van der Waals surface area (Å²) in [7, 11) is 0. The van der Waals surface area contributed by atoms with Gasteiger partial charge in [-0.25, -0.2) is 0 Å². The highest BCUT2D eigenvalue weighted by Crippen LogP contribution is 2.36. The minimum atomic E-state index is -0.870. The zero-order chi connectivity index (χ0) is 7.49. The quantitative estimate of drug-likeness (QED) is 0.692. The first-order valence-electron chi connectivity index (χ1n) is 2.22. The first-order chi connectivity index (χ1) is 4.00. The average Bonchev–Trinajstić information content (AvgIpc) is 1.65. The first-order valence-corrected chi connectivity index (χ1v) is 5.45. The third-order valence-corrected chi connectivity index (χ3v) is 3.86. The molecule has 56 valence electrons. The maximum atomic E-state index is 5.73. The van der Waals surface area contributed by atoms with E-state index in [0.29, 0.717) is 6.42 Å². The smallest absolute Gasteiger partial charge is 0.107 e. The molecule has 0 saturated heterocycles. The lowest BCUT2D eigenvalue weighted by atomic mass is 10.4. The van der Waals surface area contributed by atoms with E-state index in [1.54, 1.807) is 0 Å². The summed E-state index contributed by atoms with van der Waals surface area (Å²) in [5, 5.41) is 0.745. The Kier molecular flexibility index (Phi) is 5.60. The van der Waals surface area contributed by atoms with Gasteiger partial charge in [0.05, 0.1) is 0 Å². The van der Waals surface area contributed by atoms with Crippen LogP contribution in [0.4, 0.5) is 0 Å². The second kappa shape index (κ2) is 4.66. The summed E-state index contributed by atoms with van der Waals surface area (Å²) in [4.78, 5) is 0. The van der Waals surface area contributed by atoms with Gasteiger partial charge in [-0.15, -0.1) is 11.6 Å². The van der Waals surface area contributed by atoms with E-state index in [0.717, 1.165) is 5.33 Å². The van der Waals surface area contributed by atoms with Crippen molar-refractivity contribution in [2.75, 3.05) is 5.33 Å². The molecule has 0 nitrogen and oxygen atoms in total. The van der Waals surface area contributed by atoms with Crippen molar-refractivity contribution >= 4 is 66.7 Å². The summed E-state index contributed by atoms with van der Waals surface area (Å²) >= 11 is 23.3. The second-order valence-corrected chi connectivity index (χ2v) is 5.72. The summed E-state index contributed by atoms with van der Waals surface area (Å²) in [5.41, 5.74) is 0. The Morgan fingerprint density at radius 2 is 1.89 bits per heavy atom. The first kappa shape index (κ1) is 10.8. The van der Waals surface area contributed by atoms with Crippen LogP contribution in [-0.4, -0.2) is 13.9 Å². The SMILES string of the molecule is ClC(Br)C(Cl)(Cl)CCBr. The maximum Gasteiger partial charge on any atom is 0.145 e. The summed E-state index contributed by atoms with van der Waals surface area (Å²) in [5.74, 6) is 0. The zero-order valence-electron chi connectivity index (χ0n) is 4.38. The molecule has 0 radical (unpaired) electrons. The second-order valence-electron chi connectivity index (χ2n) is 1.50. The standard InChI is InChI=1S/C4H5Br2Cl3/c5-2-1-4(8,9)3(6)7/h3H,1-2H2. The molecule has 0 fully saturated rings. The predicted molar refractivity (Wildman–Crippen MR) is 51.4 cm³/mol. The van der Waals surface area contributed by atoms with Crippen LogP contribution in [-0.2, 0) is 0 Å². The Morgan fingerprint density at radius 3 is 2.00 bits per heavy atom.